The summed E-state index contributed by atoms with van der Waals surface area (Å²) in [4.78, 5) is 0. The predicted octanol–water partition coefficient (Wildman–Crippen LogP) is 11.0. The average molecular weight is 524 g/mol. The number of hydrogen-bond acceptors (Lipinski definition) is 3. The topological polar surface area (TPSA) is 44.5 Å². The van der Waals surface area contributed by atoms with Crippen molar-refractivity contribution in [1.82, 2.24) is 0 Å². The molecule has 0 amide bonds. The van der Waals surface area contributed by atoms with E-state index < -0.39 is 0 Å². The van der Waals surface area contributed by atoms with E-state index in [2.05, 4.69) is 26.0 Å². The molecule has 0 aliphatic carbocycles. The third-order valence-corrected chi connectivity index (χ3v) is 7.40. The van der Waals surface area contributed by atoms with Crippen molar-refractivity contribution in [2.24, 2.45) is 5.73 Å². The van der Waals surface area contributed by atoms with Crippen LogP contribution in [0.25, 0.3) is 0 Å². The number of unbranched alkanes of at least 4 members (excludes halogenated alkanes) is 22. The minimum absolute atomic E-state index is 0.0679. The second-order valence-electron chi connectivity index (χ2n) is 11.4. The summed E-state index contributed by atoms with van der Waals surface area (Å²) >= 11 is 0. The fraction of sp³-hybridized carbons (Fsp3) is 0.941. The highest BCUT2D eigenvalue weighted by Crippen LogP contribution is 2.13. The van der Waals surface area contributed by atoms with Gasteiger partial charge < -0.3 is 15.2 Å². The molecule has 0 aliphatic heterocycles. The summed E-state index contributed by atoms with van der Waals surface area (Å²) in [6, 6.07) is -0.0679. The summed E-state index contributed by atoms with van der Waals surface area (Å²) in [7, 11) is 0. The Morgan fingerprint density at radius 2 is 0.757 bits per heavy atom. The molecule has 0 radical (unpaired) electrons. The lowest BCUT2D eigenvalue weighted by molar-refractivity contribution is -0.153. The average Bonchev–Trinajstić information content (AvgIpc) is 2.89. The van der Waals surface area contributed by atoms with Crippen molar-refractivity contribution in [1.29, 1.82) is 0 Å². The molecule has 0 saturated carbocycles. The second kappa shape index (κ2) is 31.8. The highest BCUT2D eigenvalue weighted by Gasteiger charge is 2.14. The van der Waals surface area contributed by atoms with Crippen molar-refractivity contribution >= 4 is 0 Å². The predicted molar refractivity (Wildman–Crippen MR) is 165 cm³/mol. The lowest BCUT2D eigenvalue weighted by Crippen LogP contribution is -2.36. The van der Waals surface area contributed by atoms with Crippen molar-refractivity contribution in [3.63, 3.8) is 0 Å². The van der Waals surface area contributed by atoms with Gasteiger partial charge in [0.25, 0.3) is 0 Å². The van der Waals surface area contributed by atoms with Gasteiger partial charge >= 0.3 is 0 Å². The van der Waals surface area contributed by atoms with Crippen molar-refractivity contribution in [2.75, 3.05) is 13.2 Å². The van der Waals surface area contributed by atoms with Gasteiger partial charge in [0.2, 0.25) is 0 Å². The van der Waals surface area contributed by atoms with Crippen LogP contribution in [0, 0.1) is 0 Å². The Bertz CT molecular complexity index is 438. The summed E-state index contributed by atoms with van der Waals surface area (Å²) in [6.07, 6.45) is 38.1. The van der Waals surface area contributed by atoms with Crippen LogP contribution < -0.4 is 5.73 Å². The van der Waals surface area contributed by atoms with Crippen LogP contribution in [0.1, 0.15) is 181 Å². The van der Waals surface area contributed by atoms with Gasteiger partial charge in [-0.15, -0.1) is 0 Å². The molecule has 0 saturated heterocycles. The molecule has 0 heterocycles. The fourth-order valence-electron chi connectivity index (χ4n) is 4.87. The Hall–Kier alpha value is -0.380. The van der Waals surface area contributed by atoms with Crippen molar-refractivity contribution in [3.8, 4) is 0 Å². The fourth-order valence-corrected chi connectivity index (χ4v) is 4.87. The van der Waals surface area contributed by atoms with E-state index in [1.54, 1.807) is 0 Å². The molecule has 0 aromatic carbocycles. The van der Waals surface area contributed by atoms with Crippen LogP contribution in [0.2, 0.25) is 0 Å². The first-order valence-corrected chi connectivity index (χ1v) is 16.9. The number of rotatable bonds is 31. The normalized spacial score (nSPS) is 13.5. The van der Waals surface area contributed by atoms with Crippen molar-refractivity contribution in [3.05, 3.63) is 12.2 Å². The Morgan fingerprint density at radius 3 is 1.08 bits per heavy atom. The van der Waals surface area contributed by atoms with Crippen LogP contribution in [0.5, 0.6) is 0 Å². The Morgan fingerprint density at radius 1 is 0.459 bits per heavy atom. The van der Waals surface area contributed by atoms with Gasteiger partial charge in [0.1, 0.15) is 0 Å². The van der Waals surface area contributed by atoms with E-state index in [1.165, 1.54) is 148 Å². The van der Waals surface area contributed by atoms with Crippen LogP contribution in [0.4, 0.5) is 0 Å². The number of allylic oxidation sites excluding steroid dienone is 2. The van der Waals surface area contributed by atoms with Crippen molar-refractivity contribution < 1.29 is 9.47 Å². The zero-order valence-electron chi connectivity index (χ0n) is 25.8. The molecule has 2 N–H and O–H groups in total. The minimum atomic E-state index is -0.244. The molecule has 2 atom stereocenters. The van der Waals surface area contributed by atoms with Gasteiger partial charge in [0.05, 0.1) is 6.04 Å². The molecule has 0 aromatic heterocycles. The van der Waals surface area contributed by atoms with Crippen LogP contribution in [0.3, 0.4) is 0 Å². The first-order valence-electron chi connectivity index (χ1n) is 16.9. The molecule has 0 spiro atoms. The maximum atomic E-state index is 6.09. The van der Waals surface area contributed by atoms with E-state index in [4.69, 9.17) is 15.2 Å². The lowest BCUT2D eigenvalue weighted by atomic mass is 10.1. The molecule has 0 aromatic rings. The van der Waals surface area contributed by atoms with Gasteiger partial charge in [-0.25, -0.2) is 0 Å². The summed E-state index contributed by atoms with van der Waals surface area (Å²) in [6.45, 7) is 8.11. The van der Waals surface area contributed by atoms with Gasteiger partial charge in [0.15, 0.2) is 6.29 Å². The largest absolute Gasteiger partial charge is 0.351 e. The maximum absolute atomic E-state index is 6.09. The lowest BCUT2D eigenvalue weighted by Gasteiger charge is -2.22. The second-order valence-corrected chi connectivity index (χ2v) is 11.4. The molecule has 0 fully saturated rings. The van der Waals surface area contributed by atoms with Gasteiger partial charge in [-0.2, -0.15) is 0 Å². The van der Waals surface area contributed by atoms with E-state index in [0.29, 0.717) is 0 Å². The molecule has 0 rings (SSSR count). The van der Waals surface area contributed by atoms with E-state index in [0.717, 1.165) is 26.1 Å². The quantitative estimate of drug-likeness (QED) is 0.0558. The van der Waals surface area contributed by atoms with Crippen LogP contribution >= 0.6 is 0 Å². The molecule has 37 heavy (non-hydrogen) atoms. The zero-order chi connectivity index (χ0) is 27.1. The van der Waals surface area contributed by atoms with E-state index in [1.807, 2.05) is 6.92 Å². The number of hydrogen-bond donors (Lipinski definition) is 1. The third-order valence-electron chi connectivity index (χ3n) is 7.40. The summed E-state index contributed by atoms with van der Waals surface area (Å²) in [5, 5.41) is 0. The van der Waals surface area contributed by atoms with E-state index in [-0.39, 0.29) is 12.3 Å². The Labute approximate surface area is 234 Å². The van der Waals surface area contributed by atoms with Gasteiger partial charge in [0, 0.05) is 13.2 Å². The number of nitrogens with two attached hydrogens (primary N) is 1. The molecule has 0 aliphatic rings. The van der Waals surface area contributed by atoms with Gasteiger partial charge in [-0.1, -0.05) is 148 Å². The van der Waals surface area contributed by atoms with Gasteiger partial charge in [-0.05, 0) is 45.4 Å². The van der Waals surface area contributed by atoms with Crippen molar-refractivity contribution in [2.45, 2.75) is 194 Å². The first-order chi connectivity index (χ1) is 18.2. The molecule has 2 unspecified atom stereocenters. The number of ether oxygens (including phenoxy) is 2. The molecule has 3 nitrogen and oxygen atoms in total. The Kier molecular flexibility index (Phi) is 31.5. The monoisotopic (exact) mass is 524 g/mol. The summed E-state index contributed by atoms with van der Waals surface area (Å²) < 4.78 is 11.9. The summed E-state index contributed by atoms with van der Waals surface area (Å²) in [5.74, 6) is 0. The van der Waals surface area contributed by atoms with E-state index in [9.17, 15) is 0 Å². The van der Waals surface area contributed by atoms with Gasteiger partial charge in [-0.3, -0.25) is 0 Å². The molecular formula is C34H69NO2. The minimum Gasteiger partial charge on any atom is -0.351 e. The third kappa shape index (κ3) is 30.0. The highest BCUT2D eigenvalue weighted by atomic mass is 16.7. The SMILES string of the molecule is CCCCCCC/C=C\CCCCCCCCOC(OCCCCCCCCCCCCCC)C(C)N. The van der Waals surface area contributed by atoms with Crippen LogP contribution in [0.15, 0.2) is 12.2 Å². The van der Waals surface area contributed by atoms with Crippen LogP contribution in [-0.2, 0) is 9.47 Å². The van der Waals surface area contributed by atoms with Crippen LogP contribution in [-0.4, -0.2) is 25.5 Å². The van der Waals surface area contributed by atoms with E-state index >= 15 is 0 Å². The summed E-state index contributed by atoms with van der Waals surface area (Å²) in [5.41, 5.74) is 6.09. The Balaban J connectivity index is 3.42. The molecule has 0 bridgehead atoms. The standard InChI is InChI=1S/C34H69NO2/c1-4-6-8-10-12-14-16-18-19-20-22-24-26-28-30-32-37-34(33(3)35)36-31-29-27-25-23-21-17-15-13-11-9-7-5-2/h16,18,33-34H,4-15,17,19-32,35H2,1-3H3/b18-16-. The molecule has 3 heteroatoms. The zero-order valence-corrected chi connectivity index (χ0v) is 25.8. The first kappa shape index (κ1) is 36.6. The smallest absolute Gasteiger partial charge is 0.172 e. The highest BCUT2D eigenvalue weighted by molar-refractivity contribution is 4.81. The molecule has 222 valence electrons. The molecular weight excluding hydrogens is 454 g/mol. The maximum Gasteiger partial charge on any atom is 0.172 e.